The number of hydrogen-bond acceptors (Lipinski definition) is 2. The zero-order valence-electron chi connectivity index (χ0n) is 9.05. The first-order valence-corrected chi connectivity index (χ1v) is 4.83. The quantitative estimate of drug-likeness (QED) is 0.615. The molecule has 0 spiro atoms. The summed E-state index contributed by atoms with van der Waals surface area (Å²) in [4.78, 5) is 14.1. The Morgan fingerprint density at radius 1 is 1.46 bits per heavy atom. The Morgan fingerprint density at radius 3 is 2.46 bits per heavy atom. The van der Waals surface area contributed by atoms with Crippen LogP contribution in [0.4, 0.5) is 0 Å². The van der Waals surface area contributed by atoms with Gasteiger partial charge in [-0.05, 0) is 19.0 Å². The maximum Gasteiger partial charge on any atom is 0.163 e. The number of nitrogens with zero attached hydrogens (tertiary/aromatic N) is 1. The molecule has 0 aromatic heterocycles. The number of Topliss-reactive ketones (excluding diaryl/α,β-unsaturated/α-hetero) is 1. The molecule has 0 unspecified atom stereocenters. The van der Waals surface area contributed by atoms with Gasteiger partial charge in [-0.25, -0.2) is 0 Å². The molecular formula is C11H19NO. The van der Waals surface area contributed by atoms with E-state index in [1.54, 1.807) is 0 Å². The molecular weight excluding hydrogens is 162 g/mol. The lowest BCUT2D eigenvalue weighted by Gasteiger charge is -2.25. The number of rotatable bonds is 1. The average Bonchev–Trinajstić information content (AvgIpc) is 2.03. The molecule has 0 atom stereocenters. The maximum absolute atomic E-state index is 11.8. The average molecular weight is 181 g/mol. The largest absolute Gasteiger partial charge is 0.302 e. The van der Waals surface area contributed by atoms with Crippen LogP contribution in [0.5, 0.6) is 0 Å². The van der Waals surface area contributed by atoms with E-state index in [-0.39, 0.29) is 5.41 Å². The van der Waals surface area contributed by atoms with E-state index in [9.17, 15) is 4.79 Å². The van der Waals surface area contributed by atoms with Crippen molar-refractivity contribution in [1.82, 2.24) is 4.90 Å². The normalized spacial score (nSPS) is 19.8. The maximum atomic E-state index is 11.8. The van der Waals surface area contributed by atoms with Gasteiger partial charge < -0.3 is 4.90 Å². The van der Waals surface area contributed by atoms with E-state index >= 15 is 0 Å². The Labute approximate surface area is 80.6 Å². The Morgan fingerprint density at radius 2 is 2.08 bits per heavy atom. The van der Waals surface area contributed by atoms with Gasteiger partial charge >= 0.3 is 0 Å². The minimum absolute atomic E-state index is 0.220. The SMILES string of the molecule is CN1CC=C(C(=O)C(C)(C)C)CC1. The molecule has 0 bridgehead atoms. The molecule has 2 heteroatoms. The van der Waals surface area contributed by atoms with Gasteiger partial charge in [-0.1, -0.05) is 26.8 Å². The van der Waals surface area contributed by atoms with Crippen molar-refractivity contribution >= 4 is 5.78 Å². The zero-order valence-corrected chi connectivity index (χ0v) is 9.05. The van der Waals surface area contributed by atoms with Crippen LogP contribution in [0.1, 0.15) is 27.2 Å². The van der Waals surface area contributed by atoms with Crippen LogP contribution in [0.2, 0.25) is 0 Å². The molecule has 1 heterocycles. The molecule has 0 radical (unpaired) electrons. The first kappa shape index (κ1) is 10.5. The lowest BCUT2D eigenvalue weighted by molar-refractivity contribution is -0.122. The highest BCUT2D eigenvalue weighted by Crippen LogP contribution is 2.23. The van der Waals surface area contributed by atoms with Gasteiger partial charge in [0.1, 0.15) is 0 Å². The zero-order chi connectivity index (χ0) is 10.1. The predicted molar refractivity (Wildman–Crippen MR) is 54.7 cm³/mol. The van der Waals surface area contributed by atoms with Crippen molar-refractivity contribution < 1.29 is 4.79 Å². The molecule has 0 saturated carbocycles. The van der Waals surface area contributed by atoms with Gasteiger partial charge in [-0.2, -0.15) is 0 Å². The molecule has 0 aliphatic carbocycles. The number of carbonyl (C=O) groups is 1. The smallest absolute Gasteiger partial charge is 0.163 e. The molecule has 0 aromatic carbocycles. The van der Waals surface area contributed by atoms with Crippen molar-refractivity contribution in [2.45, 2.75) is 27.2 Å². The van der Waals surface area contributed by atoms with E-state index in [4.69, 9.17) is 0 Å². The molecule has 74 valence electrons. The summed E-state index contributed by atoms with van der Waals surface area (Å²) < 4.78 is 0. The summed E-state index contributed by atoms with van der Waals surface area (Å²) in [6.45, 7) is 7.86. The Balaban J connectivity index is 2.69. The highest BCUT2D eigenvalue weighted by molar-refractivity contribution is 5.99. The van der Waals surface area contributed by atoms with Crippen LogP contribution < -0.4 is 0 Å². The number of ketones is 1. The number of likely N-dealkylation sites (N-methyl/N-ethyl adjacent to an activating group) is 1. The minimum atomic E-state index is -0.220. The molecule has 2 nitrogen and oxygen atoms in total. The minimum Gasteiger partial charge on any atom is -0.302 e. The topological polar surface area (TPSA) is 20.3 Å². The van der Waals surface area contributed by atoms with Crippen LogP contribution in [-0.4, -0.2) is 30.8 Å². The van der Waals surface area contributed by atoms with Crippen LogP contribution >= 0.6 is 0 Å². The van der Waals surface area contributed by atoms with Crippen molar-refractivity contribution in [3.8, 4) is 0 Å². The van der Waals surface area contributed by atoms with Crippen LogP contribution in [-0.2, 0) is 4.79 Å². The van der Waals surface area contributed by atoms with Gasteiger partial charge in [0.15, 0.2) is 5.78 Å². The second kappa shape index (κ2) is 3.62. The molecule has 0 fully saturated rings. The lowest BCUT2D eigenvalue weighted by Crippen LogP contribution is -2.30. The summed E-state index contributed by atoms with van der Waals surface area (Å²) in [5, 5.41) is 0. The highest BCUT2D eigenvalue weighted by atomic mass is 16.1. The second-order valence-electron chi connectivity index (χ2n) is 4.82. The molecule has 13 heavy (non-hydrogen) atoms. The summed E-state index contributed by atoms with van der Waals surface area (Å²) in [5.41, 5.74) is 0.799. The van der Waals surface area contributed by atoms with E-state index in [0.29, 0.717) is 5.78 Å². The summed E-state index contributed by atoms with van der Waals surface area (Å²) in [6, 6.07) is 0. The Bertz CT molecular complexity index is 235. The molecule has 0 N–H and O–H groups in total. The molecule has 0 amide bonds. The number of hydrogen-bond donors (Lipinski definition) is 0. The fourth-order valence-corrected chi connectivity index (χ4v) is 1.46. The van der Waals surface area contributed by atoms with Crippen molar-refractivity contribution in [1.29, 1.82) is 0 Å². The molecule has 0 aromatic rings. The van der Waals surface area contributed by atoms with Crippen molar-refractivity contribution in [2.24, 2.45) is 5.41 Å². The van der Waals surface area contributed by atoms with Gasteiger partial charge in [-0.15, -0.1) is 0 Å². The van der Waals surface area contributed by atoms with Crippen molar-refractivity contribution in [3.05, 3.63) is 11.6 Å². The second-order valence-corrected chi connectivity index (χ2v) is 4.82. The van der Waals surface area contributed by atoms with E-state index < -0.39 is 0 Å². The molecule has 1 aliphatic rings. The van der Waals surface area contributed by atoms with E-state index in [1.165, 1.54) is 0 Å². The highest BCUT2D eigenvalue weighted by Gasteiger charge is 2.25. The Hall–Kier alpha value is -0.630. The standard InChI is InChI=1S/C11H19NO/c1-11(2,3)10(13)9-5-7-12(4)8-6-9/h5H,6-8H2,1-4H3. The Kier molecular flexibility index (Phi) is 2.91. The summed E-state index contributed by atoms with van der Waals surface area (Å²) >= 11 is 0. The van der Waals surface area contributed by atoms with Gasteiger partial charge in [0.2, 0.25) is 0 Å². The monoisotopic (exact) mass is 181 g/mol. The van der Waals surface area contributed by atoms with Gasteiger partial charge in [0, 0.05) is 18.5 Å². The van der Waals surface area contributed by atoms with Crippen molar-refractivity contribution in [2.75, 3.05) is 20.1 Å². The number of carbonyl (C=O) groups excluding carboxylic acids is 1. The first-order chi connectivity index (χ1) is 5.91. The third-order valence-electron chi connectivity index (χ3n) is 2.39. The van der Waals surface area contributed by atoms with E-state index in [2.05, 4.69) is 18.0 Å². The van der Waals surface area contributed by atoms with Gasteiger partial charge in [-0.3, -0.25) is 4.79 Å². The third kappa shape index (κ3) is 2.66. The first-order valence-electron chi connectivity index (χ1n) is 4.83. The van der Waals surface area contributed by atoms with E-state index in [0.717, 1.165) is 25.1 Å². The van der Waals surface area contributed by atoms with Crippen LogP contribution in [0, 0.1) is 5.41 Å². The van der Waals surface area contributed by atoms with Crippen molar-refractivity contribution in [3.63, 3.8) is 0 Å². The molecule has 1 aliphatic heterocycles. The fraction of sp³-hybridized carbons (Fsp3) is 0.727. The molecule has 0 saturated heterocycles. The van der Waals surface area contributed by atoms with Crippen LogP contribution in [0.3, 0.4) is 0 Å². The van der Waals surface area contributed by atoms with Crippen LogP contribution in [0.25, 0.3) is 0 Å². The fourth-order valence-electron chi connectivity index (χ4n) is 1.46. The van der Waals surface area contributed by atoms with E-state index in [1.807, 2.05) is 20.8 Å². The van der Waals surface area contributed by atoms with Gasteiger partial charge in [0.25, 0.3) is 0 Å². The summed E-state index contributed by atoms with van der Waals surface area (Å²) in [7, 11) is 2.08. The third-order valence-corrected chi connectivity index (χ3v) is 2.39. The lowest BCUT2D eigenvalue weighted by atomic mass is 9.84. The predicted octanol–water partition coefficient (Wildman–Crippen LogP) is 1.86. The van der Waals surface area contributed by atoms with Gasteiger partial charge in [0.05, 0.1) is 0 Å². The summed E-state index contributed by atoms with van der Waals surface area (Å²) in [6.07, 6.45) is 2.98. The summed E-state index contributed by atoms with van der Waals surface area (Å²) in [5.74, 6) is 0.306. The molecule has 1 rings (SSSR count). The van der Waals surface area contributed by atoms with Crippen LogP contribution in [0.15, 0.2) is 11.6 Å².